The Morgan fingerprint density at radius 3 is 2.72 bits per heavy atom. The molecule has 1 nitrogen and oxygen atoms in total. The van der Waals surface area contributed by atoms with Gasteiger partial charge >= 0.3 is 0 Å². The molecule has 1 N–H and O–H groups in total. The number of hydrogen-bond acceptors (Lipinski definition) is 2. The van der Waals surface area contributed by atoms with Crippen LogP contribution in [0.25, 0.3) is 10.4 Å². The monoisotopic (exact) mass is 323 g/mol. The van der Waals surface area contributed by atoms with Gasteiger partial charge in [-0.2, -0.15) is 0 Å². The van der Waals surface area contributed by atoms with Gasteiger partial charge in [-0.25, -0.2) is 0 Å². The van der Waals surface area contributed by atoms with E-state index in [0.717, 1.165) is 11.0 Å². The van der Waals surface area contributed by atoms with Crippen LogP contribution in [0.5, 0.6) is 0 Å². The standard InChI is InChI=1S/C15H18BrNS/c1-10(2)17-9-13-6-7-15(18-13)14-8-12(16)5-4-11(14)3/h4-8,10,17H,9H2,1-3H3. The van der Waals surface area contributed by atoms with Gasteiger partial charge in [-0.15, -0.1) is 11.3 Å². The molecule has 1 aromatic heterocycles. The fourth-order valence-electron chi connectivity index (χ4n) is 1.78. The molecule has 96 valence electrons. The second kappa shape index (κ2) is 6.00. The van der Waals surface area contributed by atoms with Crippen molar-refractivity contribution in [3.05, 3.63) is 45.2 Å². The summed E-state index contributed by atoms with van der Waals surface area (Å²) < 4.78 is 1.14. The van der Waals surface area contributed by atoms with E-state index in [1.807, 2.05) is 11.3 Å². The van der Waals surface area contributed by atoms with Crippen LogP contribution in [0.3, 0.4) is 0 Å². The summed E-state index contributed by atoms with van der Waals surface area (Å²) in [6.07, 6.45) is 0. The first-order chi connectivity index (χ1) is 8.56. The molecule has 0 radical (unpaired) electrons. The third-order valence-corrected chi connectivity index (χ3v) is 4.42. The number of benzene rings is 1. The Balaban J connectivity index is 2.21. The summed E-state index contributed by atoms with van der Waals surface area (Å²) in [5.74, 6) is 0. The van der Waals surface area contributed by atoms with E-state index in [-0.39, 0.29) is 0 Å². The molecule has 2 rings (SSSR count). The average Bonchev–Trinajstić information content (AvgIpc) is 2.78. The van der Waals surface area contributed by atoms with E-state index in [2.05, 4.69) is 72.3 Å². The van der Waals surface area contributed by atoms with Crippen molar-refractivity contribution in [2.45, 2.75) is 33.4 Å². The molecule has 0 saturated carbocycles. The fraction of sp³-hybridized carbons (Fsp3) is 0.333. The molecule has 2 aromatic rings. The molecule has 1 heterocycles. The Kier molecular flexibility index (Phi) is 4.60. The van der Waals surface area contributed by atoms with Crippen molar-refractivity contribution in [2.24, 2.45) is 0 Å². The highest BCUT2D eigenvalue weighted by Gasteiger charge is 2.06. The number of hydrogen-bond donors (Lipinski definition) is 1. The lowest BCUT2D eigenvalue weighted by Crippen LogP contribution is -2.21. The zero-order valence-electron chi connectivity index (χ0n) is 11.0. The lowest BCUT2D eigenvalue weighted by Gasteiger charge is -2.06. The van der Waals surface area contributed by atoms with Crippen LogP contribution in [0.1, 0.15) is 24.3 Å². The predicted molar refractivity (Wildman–Crippen MR) is 84.2 cm³/mol. The average molecular weight is 324 g/mol. The van der Waals surface area contributed by atoms with Crippen molar-refractivity contribution >= 4 is 27.3 Å². The van der Waals surface area contributed by atoms with Gasteiger partial charge in [-0.3, -0.25) is 0 Å². The summed E-state index contributed by atoms with van der Waals surface area (Å²) in [7, 11) is 0. The highest BCUT2D eigenvalue weighted by molar-refractivity contribution is 9.10. The van der Waals surface area contributed by atoms with Crippen LogP contribution in [0.4, 0.5) is 0 Å². The quantitative estimate of drug-likeness (QED) is 0.836. The largest absolute Gasteiger partial charge is 0.310 e. The molecule has 0 atom stereocenters. The van der Waals surface area contributed by atoms with E-state index < -0.39 is 0 Å². The molecule has 0 amide bonds. The van der Waals surface area contributed by atoms with Gasteiger partial charge in [0.2, 0.25) is 0 Å². The maximum absolute atomic E-state index is 3.54. The third-order valence-electron chi connectivity index (χ3n) is 2.81. The minimum absolute atomic E-state index is 0.531. The van der Waals surface area contributed by atoms with Crippen molar-refractivity contribution in [3.8, 4) is 10.4 Å². The van der Waals surface area contributed by atoms with Gasteiger partial charge in [0.1, 0.15) is 0 Å². The van der Waals surface area contributed by atoms with E-state index >= 15 is 0 Å². The Morgan fingerprint density at radius 2 is 2.00 bits per heavy atom. The van der Waals surface area contributed by atoms with Gasteiger partial charge in [-0.1, -0.05) is 35.8 Å². The number of rotatable bonds is 4. The highest BCUT2D eigenvalue weighted by Crippen LogP contribution is 2.32. The molecule has 0 spiro atoms. The van der Waals surface area contributed by atoms with Gasteiger partial charge in [0.05, 0.1) is 0 Å². The van der Waals surface area contributed by atoms with Crippen LogP contribution in [0.15, 0.2) is 34.8 Å². The van der Waals surface area contributed by atoms with Crippen LogP contribution < -0.4 is 5.32 Å². The lowest BCUT2D eigenvalue weighted by atomic mass is 10.1. The molecule has 0 fully saturated rings. The first kappa shape index (κ1) is 13.8. The van der Waals surface area contributed by atoms with Crippen LogP contribution >= 0.6 is 27.3 Å². The summed E-state index contributed by atoms with van der Waals surface area (Å²) >= 11 is 5.41. The minimum Gasteiger partial charge on any atom is -0.310 e. The molecule has 0 unspecified atom stereocenters. The van der Waals surface area contributed by atoms with Crippen molar-refractivity contribution < 1.29 is 0 Å². The zero-order chi connectivity index (χ0) is 13.1. The lowest BCUT2D eigenvalue weighted by molar-refractivity contribution is 0.593. The molecular weight excluding hydrogens is 306 g/mol. The van der Waals surface area contributed by atoms with Gasteiger partial charge in [0, 0.05) is 26.8 Å². The Hall–Kier alpha value is -0.640. The first-order valence-electron chi connectivity index (χ1n) is 6.15. The number of aryl methyl sites for hydroxylation is 1. The second-order valence-electron chi connectivity index (χ2n) is 4.76. The van der Waals surface area contributed by atoms with Crippen molar-refractivity contribution in [3.63, 3.8) is 0 Å². The van der Waals surface area contributed by atoms with Crippen LogP contribution in [0.2, 0.25) is 0 Å². The van der Waals surface area contributed by atoms with E-state index in [0.29, 0.717) is 6.04 Å². The SMILES string of the molecule is Cc1ccc(Br)cc1-c1ccc(CNC(C)C)s1. The number of halogens is 1. The molecule has 3 heteroatoms. The van der Waals surface area contributed by atoms with E-state index in [4.69, 9.17) is 0 Å². The fourth-order valence-corrected chi connectivity index (χ4v) is 3.18. The van der Waals surface area contributed by atoms with Gasteiger partial charge in [-0.05, 0) is 42.3 Å². The van der Waals surface area contributed by atoms with E-state index in [1.54, 1.807) is 0 Å². The smallest absolute Gasteiger partial charge is 0.0349 e. The molecule has 0 aliphatic heterocycles. The number of nitrogens with one attached hydrogen (secondary N) is 1. The second-order valence-corrected chi connectivity index (χ2v) is 6.84. The maximum Gasteiger partial charge on any atom is 0.0349 e. The number of thiophene rings is 1. The summed E-state index contributed by atoms with van der Waals surface area (Å²) in [5, 5.41) is 3.45. The summed E-state index contributed by atoms with van der Waals surface area (Å²) in [4.78, 5) is 2.73. The van der Waals surface area contributed by atoms with Crippen molar-refractivity contribution in [1.29, 1.82) is 0 Å². The molecule has 1 aromatic carbocycles. The molecule has 0 bridgehead atoms. The normalized spacial score (nSPS) is 11.2. The molecular formula is C15H18BrNS. The third kappa shape index (κ3) is 3.44. The van der Waals surface area contributed by atoms with Crippen LogP contribution in [0, 0.1) is 6.92 Å². The van der Waals surface area contributed by atoms with Gasteiger partial charge in [0.15, 0.2) is 0 Å². The molecule has 0 aliphatic carbocycles. The summed E-state index contributed by atoms with van der Waals surface area (Å²) in [5.41, 5.74) is 2.65. The van der Waals surface area contributed by atoms with E-state index in [9.17, 15) is 0 Å². The zero-order valence-corrected chi connectivity index (χ0v) is 13.4. The summed E-state index contributed by atoms with van der Waals surface area (Å²) in [6, 6.07) is 11.4. The first-order valence-corrected chi connectivity index (χ1v) is 7.76. The van der Waals surface area contributed by atoms with E-state index in [1.165, 1.54) is 20.9 Å². The van der Waals surface area contributed by atoms with Crippen LogP contribution in [-0.4, -0.2) is 6.04 Å². The summed E-state index contributed by atoms with van der Waals surface area (Å²) in [6.45, 7) is 7.46. The van der Waals surface area contributed by atoms with Crippen LogP contribution in [-0.2, 0) is 6.54 Å². The predicted octanol–water partition coefficient (Wildman–Crippen LogP) is 4.98. The highest BCUT2D eigenvalue weighted by atomic mass is 79.9. The van der Waals surface area contributed by atoms with Gasteiger partial charge in [0.25, 0.3) is 0 Å². The Labute approximate surface area is 121 Å². The van der Waals surface area contributed by atoms with Gasteiger partial charge < -0.3 is 5.32 Å². The van der Waals surface area contributed by atoms with Crippen molar-refractivity contribution in [1.82, 2.24) is 5.32 Å². The molecule has 0 saturated heterocycles. The molecule has 0 aliphatic rings. The Morgan fingerprint density at radius 1 is 1.22 bits per heavy atom. The molecule has 18 heavy (non-hydrogen) atoms. The van der Waals surface area contributed by atoms with Crippen molar-refractivity contribution in [2.75, 3.05) is 0 Å². The minimum atomic E-state index is 0.531. The topological polar surface area (TPSA) is 12.0 Å². The maximum atomic E-state index is 3.54. The Bertz CT molecular complexity index is 531.